The molecule has 19 heavy (non-hydrogen) atoms. The lowest BCUT2D eigenvalue weighted by molar-refractivity contribution is -0.140. The summed E-state index contributed by atoms with van der Waals surface area (Å²) in [6.07, 6.45) is 0.518. The Morgan fingerprint density at radius 3 is 2.53 bits per heavy atom. The molecule has 1 amide bonds. The van der Waals surface area contributed by atoms with Gasteiger partial charge >= 0.3 is 0 Å². The SMILES string of the molecule is CCN1CCN(C(=O)C(C)(CC)C(N)=NO)CC1C. The Morgan fingerprint density at radius 2 is 2.11 bits per heavy atom. The molecule has 2 atom stereocenters. The van der Waals surface area contributed by atoms with Gasteiger partial charge in [0.15, 0.2) is 5.84 Å². The van der Waals surface area contributed by atoms with E-state index in [0.717, 1.165) is 13.1 Å². The lowest BCUT2D eigenvalue weighted by Crippen LogP contribution is -2.58. The highest BCUT2D eigenvalue weighted by atomic mass is 16.4. The number of nitrogens with zero attached hydrogens (tertiary/aromatic N) is 3. The van der Waals surface area contributed by atoms with Gasteiger partial charge in [-0.15, -0.1) is 0 Å². The standard InChI is InChI=1S/C13H26N4O2/c1-5-13(4,11(14)15-19)12(18)17-8-7-16(6-2)10(3)9-17/h10,19H,5-9H2,1-4H3,(H2,14,15). The Labute approximate surface area is 115 Å². The van der Waals surface area contributed by atoms with Crippen LogP contribution in [0.5, 0.6) is 0 Å². The number of nitrogens with two attached hydrogens (primary N) is 1. The zero-order valence-corrected chi connectivity index (χ0v) is 12.4. The van der Waals surface area contributed by atoms with Crippen molar-refractivity contribution in [3.05, 3.63) is 0 Å². The van der Waals surface area contributed by atoms with Crippen LogP contribution in [0.15, 0.2) is 5.16 Å². The summed E-state index contributed by atoms with van der Waals surface area (Å²) in [5.41, 5.74) is 4.79. The lowest BCUT2D eigenvalue weighted by atomic mass is 9.84. The van der Waals surface area contributed by atoms with Crippen molar-refractivity contribution in [2.75, 3.05) is 26.2 Å². The van der Waals surface area contributed by atoms with E-state index in [1.54, 1.807) is 6.92 Å². The van der Waals surface area contributed by atoms with Gasteiger partial charge in [0.2, 0.25) is 5.91 Å². The van der Waals surface area contributed by atoms with Gasteiger partial charge in [0.25, 0.3) is 0 Å². The van der Waals surface area contributed by atoms with Gasteiger partial charge in [-0.25, -0.2) is 0 Å². The van der Waals surface area contributed by atoms with Crippen molar-refractivity contribution in [2.45, 2.75) is 40.2 Å². The molecule has 0 bridgehead atoms. The molecule has 0 aliphatic carbocycles. The maximum atomic E-state index is 12.6. The molecule has 1 aliphatic rings. The molecule has 0 radical (unpaired) electrons. The van der Waals surface area contributed by atoms with Crippen LogP contribution >= 0.6 is 0 Å². The van der Waals surface area contributed by atoms with Crippen LogP contribution in [-0.4, -0.2) is 59.0 Å². The fourth-order valence-electron chi connectivity index (χ4n) is 2.55. The molecule has 1 aliphatic heterocycles. The number of likely N-dealkylation sites (N-methyl/N-ethyl adjacent to an activating group) is 1. The molecule has 0 spiro atoms. The van der Waals surface area contributed by atoms with E-state index in [2.05, 4.69) is 23.9 Å². The van der Waals surface area contributed by atoms with Crippen molar-refractivity contribution in [1.29, 1.82) is 0 Å². The molecule has 6 nitrogen and oxygen atoms in total. The van der Waals surface area contributed by atoms with Crippen LogP contribution in [0.2, 0.25) is 0 Å². The van der Waals surface area contributed by atoms with E-state index in [1.807, 2.05) is 11.8 Å². The second kappa shape index (κ2) is 6.23. The van der Waals surface area contributed by atoms with Gasteiger partial charge in [-0.1, -0.05) is 19.0 Å². The highest BCUT2D eigenvalue weighted by molar-refractivity contribution is 6.06. The maximum Gasteiger partial charge on any atom is 0.236 e. The molecule has 2 unspecified atom stereocenters. The molecule has 1 fully saturated rings. The van der Waals surface area contributed by atoms with Crippen LogP contribution in [-0.2, 0) is 4.79 Å². The first kappa shape index (κ1) is 15.8. The first-order chi connectivity index (χ1) is 8.90. The normalized spacial score (nSPS) is 25.2. The summed E-state index contributed by atoms with van der Waals surface area (Å²) >= 11 is 0. The topological polar surface area (TPSA) is 82.2 Å². The summed E-state index contributed by atoms with van der Waals surface area (Å²) in [5.74, 6) is -0.0570. The Morgan fingerprint density at radius 1 is 1.47 bits per heavy atom. The minimum atomic E-state index is -0.914. The van der Waals surface area contributed by atoms with Crippen LogP contribution < -0.4 is 5.73 Å². The average molecular weight is 270 g/mol. The van der Waals surface area contributed by atoms with Crippen LogP contribution in [0.25, 0.3) is 0 Å². The van der Waals surface area contributed by atoms with Gasteiger partial charge in [0.1, 0.15) is 5.41 Å². The molecular weight excluding hydrogens is 244 g/mol. The quantitative estimate of drug-likeness (QED) is 0.341. The van der Waals surface area contributed by atoms with Crippen molar-refractivity contribution in [2.24, 2.45) is 16.3 Å². The highest BCUT2D eigenvalue weighted by Crippen LogP contribution is 2.26. The number of amidine groups is 1. The van der Waals surface area contributed by atoms with E-state index in [-0.39, 0.29) is 11.7 Å². The van der Waals surface area contributed by atoms with Crippen LogP contribution in [0.1, 0.15) is 34.1 Å². The van der Waals surface area contributed by atoms with Crippen molar-refractivity contribution < 1.29 is 10.0 Å². The van der Waals surface area contributed by atoms with E-state index < -0.39 is 5.41 Å². The molecule has 1 rings (SSSR count). The minimum absolute atomic E-state index is 0.00873. The third kappa shape index (κ3) is 3.00. The second-order valence-electron chi connectivity index (χ2n) is 5.40. The number of oxime groups is 1. The van der Waals surface area contributed by atoms with Crippen molar-refractivity contribution in [3.8, 4) is 0 Å². The van der Waals surface area contributed by atoms with Crippen molar-refractivity contribution in [3.63, 3.8) is 0 Å². The highest BCUT2D eigenvalue weighted by Gasteiger charge is 2.41. The number of hydrogen-bond donors (Lipinski definition) is 2. The zero-order chi connectivity index (χ0) is 14.6. The smallest absolute Gasteiger partial charge is 0.236 e. The number of amides is 1. The van der Waals surface area contributed by atoms with E-state index in [9.17, 15) is 4.79 Å². The van der Waals surface area contributed by atoms with Crippen LogP contribution in [0.4, 0.5) is 0 Å². The Hall–Kier alpha value is -1.30. The fraction of sp³-hybridized carbons (Fsp3) is 0.846. The molecule has 0 saturated carbocycles. The van der Waals surface area contributed by atoms with Gasteiger partial charge in [-0.2, -0.15) is 0 Å². The fourth-order valence-corrected chi connectivity index (χ4v) is 2.55. The Balaban J connectivity index is 2.83. The summed E-state index contributed by atoms with van der Waals surface area (Å²) < 4.78 is 0. The molecular formula is C13H26N4O2. The molecule has 0 aromatic carbocycles. The minimum Gasteiger partial charge on any atom is -0.409 e. The number of piperazine rings is 1. The molecule has 110 valence electrons. The molecule has 0 aromatic rings. The maximum absolute atomic E-state index is 12.6. The second-order valence-corrected chi connectivity index (χ2v) is 5.40. The molecule has 1 heterocycles. The zero-order valence-electron chi connectivity index (χ0n) is 12.4. The molecule has 3 N–H and O–H groups in total. The van der Waals surface area contributed by atoms with E-state index in [4.69, 9.17) is 10.9 Å². The molecule has 6 heteroatoms. The number of rotatable bonds is 4. The Kier molecular flexibility index (Phi) is 5.17. The first-order valence-electron chi connectivity index (χ1n) is 6.92. The predicted octanol–water partition coefficient (Wildman–Crippen LogP) is 0.702. The van der Waals surface area contributed by atoms with Crippen LogP contribution in [0.3, 0.4) is 0 Å². The van der Waals surface area contributed by atoms with Gasteiger partial charge in [0, 0.05) is 25.7 Å². The summed E-state index contributed by atoms with van der Waals surface area (Å²) in [7, 11) is 0. The van der Waals surface area contributed by atoms with Crippen molar-refractivity contribution in [1.82, 2.24) is 9.80 Å². The third-order valence-electron chi connectivity index (χ3n) is 4.31. The summed E-state index contributed by atoms with van der Waals surface area (Å²) in [6.45, 7) is 11.1. The number of carbonyl (C=O) groups is 1. The summed E-state index contributed by atoms with van der Waals surface area (Å²) in [6, 6.07) is 0.344. The number of carbonyl (C=O) groups excluding carboxylic acids is 1. The summed E-state index contributed by atoms with van der Waals surface area (Å²) in [4.78, 5) is 16.8. The van der Waals surface area contributed by atoms with Gasteiger partial charge in [-0.05, 0) is 26.8 Å². The average Bonchev–Trinajstić information content (AvgIpc) is 2.44. The van der Waals surface area contributed by atoms with Crippen LogP contribution in [0, 0.1) is 5.41 Å². The van der Waals surface area contributed by atoms with E-state index in [0.29, 0.717) is 25.6 Å². The lowest BCUT2D eigenvalue weighted by Gasteiger charge is -2.42. The van der Waals surface area contributed by atoms with Crippen molar-refractivity contribution >= 4 is 11.7 Å². The van der Waals surface area contributed by atoms with Gasteiger partial charge < -0.3 is 15.8 Å². The predicted molar refractivity (Wildman–Crippen MR) is 75.1 cm³/mol. The number of hydrogen-bond acceptors (Lipinski definition) is 4. The largest absolute Gasteiger partial charge is 0.409 e. The molecule has 0 aromatic heterocycles. The monoisotopic (exact) mass is 270 g/mol. The van der Waals surface area contributed by atoms with E-state index in [1.165, 1.54) is 0 Å². The Bertz CT molecular complexity index is 359. The van der Waals surface area contributed by atoms with E-state index >= 15 is 0 Å². The summed E-state index contributed by atoms with van der Waals surface area (Å²) in [5, 5.41) is 11.9. The first-order valence-corrected chi connectivity index (χ1v) is 6.92. The molecule has 1 saturated heterocycles. The van der Waals surface area contributed by atoms with Gasteiger partial charge in [0.05, 0.1) is 0 Å². The van der Waals surface area contributed by atoms with Gasteiger partial charge in [-0.3, -0.25) is 9.69 Å². The third-order valence-corrected chi connectivity index (χ3v) is 4.31.